The van der Waals surface area contributed by atoms with Crippen LogP contribution in [0.2, 0.25) is 0 Å². The van der Waals surface area contributed by atoms with Gasteiger partial charge in [0.05, 0.1) is 6.26 Å². The Morgan fingerprint density at radius 1 is 1.39 bits per heavy atom. The number of nitrogens with one attached hydrogen (secondary N) is 1. The largest absolute Gasteiger partial charge is 0.307 e. The van der Waals surface area contributed by atoms with E-state index in [4.69, 9.17) is 0 Å². The number of rotatable bonds is 5. The molecule has 1 aromatic carbocycles. The Kier molecular flexibility index (Phi) is 5.75. The first kappa shape index (κ1) is 18.3. The van der Waals surface area contributed by atoms with Gasteiger partial charge < -0.3 is 5.32 Å². The van der Waals surface area contributed by atoms with Crippen molar-refractivity contribution in [1.82, 2.24) is 9.62 Å². The average Bonchev–Trinajstić information content (AvgIpc) is 2.46. The van der Waals surface area contributed by atoms with Crippen LogP contribution in [-0.2, 0) is 10.0 Å². The Morgan fingerprint density at radius 2 is 2.09 bits per heavy atom. The average molecular weight is 346 g/mol. The van der Waals surface area contributed by atoms with E-state index >= 15 is 0 Å². The van der Waals surface area contributed by atoms with Crippen molar-refractivity contribution >= 4 is 10.0 Å². The van der Waals surface area contributed by atoms with E-state index in [1.54, 1.807) is 0 Å². The molecule has 7 heteroatoms. The van der Waals surface area contributed by atoms with Gasteiger partial charge in [-0.3, -0.25) is 0 Å². The van der Waals surface area contributed by atoms with Crippen molar-refractivity contribution in [2.24, 2.45) is 5.92 Å². The molecule has 3 atom stereocenters. The minimum atomic E-state index is -3.18. The molecular formula is C16H24F2N2O2S. The predicted molar refractivity (Wildman–Crippen MR) is 86.5 cm³/mol. The third-order valence-corrected chi connectivity index (χ3v) is 5.77. The van der Waals surface area contributed by atoms with Gasteiger partial charge >= 0.3 is 0 Å². The van der Waals surface area contributed by atoms with E-state index < -0.39 is 21.7 Å². The van der Waals surface area contributed by atoms with E-state index in [-0.39, 0.29) is 18.0 Å². The Bertz CT molecular complexity index is 651. The summed E-state index contributed by atoms with van der Waals surface area (Å²) in [7, 11) is -3.18. The molecule has 1 aromatic rings. The zero-order chi connectivity index (χ0) is 17.2. The van der Waals surface area contributed by atoms with Crippen LogP contribution >= 0.6 is 0 Å². The Labute approximate surface area is 136 Å². The van der Waals surface area contributed by atoms with Crippen LogP contribution in [0.25, 0.3) is 0 Å². The molecular weight excluding hydrogens is 322 g/mol. The third-order valence-electron chi connectivity index (χ3n) is 4.50. The smallest absolute Gasteiger partial charge is 0.211 e. The van der Waals surface area contributed by atoms with Gasteiger partial charge in [0.25, 0.3) is 0 Å². The van der Waals surface area contributed by atoms with E-state index in [1.165, 1.54) is 22.7 Å². The molecule has 0 saturated carbocycles. The number of nitrogens with zero attached hydrogens (tertiary/aromatic N) is 1. The Hall–Kier alpha value is -1.05. The summed E-state index contributed by atoms with van der Waals surface area (Å²) >= 11 is 0. The van der Waals surface area contributed by atoms with Gasteiger partial charge in [-0.25, -0.2) is 21.5 Å². The van der Waals surface area contributed by atoms with Crippen LogP contribution in [0.1, 0.15) is 38.3 Å². The first-order valence-electron chi connectivity index (χ1n) is 7.88. The summed E-state index contributed by atoms with van der Waals surface area (Å²) in [5.41, 5.74) is 0.451. The highest BCUT2D eigenvalue weighted by Crippen LogP contribution is 2.26. The summed E-state index contributed by atoms with van der Waals surface area (Å²) in [6, 6.07) is 3.52. The Morgan fingerprint density at radius 3 is 2.61 bits per heavy atom. The number of benzene rings is 1. The lowest BCUT2D eigenvalue weighted by Crippen LogP contribution is -2.50. The van der Waals surface area contributed by atoms with Crippen molar-refractivity contribution in [3.05, 3.63) is 35.4 Å². The van der Waals surface area contributed by atoms with Gasteiger partial charge in [0.1, 0.15) is 11.6 Å². The normalized spacial score (nSPS) is 24.6. The molecule has 0 radical (unpaired) electrons. The Balaban J connectivity index is 2.08. The molecule has 1 aliphatic rings. The van der Waals surface area contributed by atoms with Crippen LogP contribution in [0.4, 0.5) is 8.78 Å². The fourth-order valence-corrected chi connectivity index (χ4v) is 4.07. The second-order valence-corrected chi connectivity index (χ2v) is 8.27. The fourth-order valence-electron chi connectivity index (χ4n) is 3.13. The lowest BCUT2D eigenvalue weighted by Gasteiger charge is -2.38. The molecule has 1 aliphatic heterocycles. The quantitative estimate of drug-likeness (QED) is 0.892. The lowest BCUT2D eigenvalue weighted by molar-refractivity contribution is 0.205. The molecule has 1 heterocycles. The molecule has 0 aliphatic carbocycles. The van der Waals surface area contributed by atoms with Crippen molar-refractivity contribution in [1.29, 1.82) is 0 Å². The van der Waals surface area contributed by atoms with Crippen LogP contribution < -0.4 is 5.32 Å². The standard InChI is InChI=1S/C16H24F2N2O2S/c1-4-15(13-6-5-12(17)9-14(13)18)19-16-7-8-20(10-11(16)2)23(3,21)22/h5-6,9,11,15-16,19H,4,7-8,10H2,1-3H3/t11-,15-,16-/m0/s1. The SMILES string of the molecule is CC[C@H](N[C@H]1CCN(S(C)(=O)=O)C[C@@H]1C)c1ccc(F)cc1F. The molecule has 0 bridgehead atoms. The van der Waals surface area contributed by atoms with Crippen molar-refractivity contribution in [2.75, 3.05) is 19.3 Å². The van der Waals surface area contributed by atoms with Gasteiger partial charge in [0.15, 0.2) is 0 Å². The molecule has 0 aromatic heterocycles. The van der Waals surface area contributed by atoms with Crippen molar-refractivity contribution < 1.29 is 17.2 Å². The predicted octanol–water partition coefficient (Wildman–Crippen LogP) is 2.68. The molecule has 23 heavy (non-hydrogen) atoms. The van der Waals surface area contributed by atoms with E-state index in [2.05, 4.69) is 5.32 Å². The minimum Gasteiger partial charge on any atom is -0.307 e. The number of piperidine rings is 1. The maximum absolute atomic E-state index is 14.0. The van der Waals surface area contributed by atoms with Gasteiger partial charge in [-0.1, -0.05) is 19.9 Å². The highest BCUT2D eigenvalue weighted by atomic mass is 32.2. The van der Waals surface area contributed by atoms with E-state index in [0.29, 0.717) is 31.5 Å². The first-order chi connectivity index (χ1) is 10.7. The first-order valence-corrected chi connectivity index (χ1v) is 9.73. The van der Waals surface area contributed by atoms with Gasteiger partial charge in [-0.05, 0) is 24.8 Å². The molecule has 130 valence electrons. The van der Waals surface area contributed by atoms with Crippen molar-refractivity contribution in [2.45, 2.75) is 38.8 Å². The minimum absolute atomic E-state index is 0.0994. The molecule has 0 spiro atoms. The fraction of sp³-hybridized carbons (Fsp3) is 0.625. The molecule has 0 unspecified atom stereocenters. The molecule has 1 N–H and O–H groups in total. The zero-order valence-electron chi connectivity index (χ0n) is 13.7. The highest BCUT2D eigenvalue weighted by molar-refractivity contribution is 7.88. The van der Waals surface area contributed by atoms with Gasteiger partial charge in [0.2, 0.25) is 10.0 Å². The number of hydrogen-bond donors (Lipinski definition) is 1. The second kappa shape index (κ2) is 7.23. The molecule has 2 rings (SSSR count). The summed E-state index contributed by atoms with van der Waals surface area (Å²) in [6.45, 7) is 4.85. The second-order valence-electron chi connectivity index (χ2n) is 6.29. The lowest BCUT2D eigenvalue weighted by atomic mass is 9.92. The summed E-state index contributed by atoms with van der Waals surface area (Å²) in [4.78, 5) is 0. The highest BCUT2D eigenvalue weighted by Gasteiger charge is 2.31. The molecule has 1 fully saturated rings. The molecule has 0 amide bonds. The van der Waals surface area contributed by atoms with Crippen LogP contribution in [0.3, 0.4) is 0 Å². The van der Waals surface area contributed by atoms with Crippen molar-refractivity contribution in [3.8, 4) is 0 Å². The summed E-state index contributed by atoms with van der Waals surface area (Å²) in [5, 5.41) is 3.42. The van der Waals surface area contributed by atoms with Crippen LogP contribution in [0.15, 0.2) is 18.2 Å². The summed E-state index contributed by atoms with van der Waals surface area (Å²) in [6.07, 6.45) is 2.56. The van der Waals surface area contributed by atoms with Gasteiger partial charge in [0, 0.05) is 36.8 Å². The van der Waals surface area contributed by atoms with Crippen LogP contribution in [0, 0.1) is 17.6 Å². The van der Waals surface area contributed by atoms with E-state index in [0.717, 1.165) is 6.07 Å². The van der Waals surface area contributed by atoms with Gasteiger partial charge in [-0.15, -0.1) is 0 Å². The monoisotopic (exact) mass is 346 g/mol. The summed E-state index contributed by atoms with van der Waals surface area (Å²) in [5.74, 6) is -1.02. The zero-order valence-corrected chi connectivity index (χ0v) is 14.5. The topological polar surface area (TPSA) is 49.4 Å². The number of hydrogen-bond acceptors (Lipinski definition) is 3. The molecule has 4 nitrogen and oxygen atoms in total. The number of halogens is 2. The number of sulfonamides is 1. The van der Waals surface area contributed by atoms with E-state index in [1.807, 2.05) is 13.8 Å². The van der Waals surface area contributed by atoms with Crippen LogP contribution in [-0.4, -0.2) is 38.1 Å². The maximum Gasteiger partial charge on any atom is 0.211 e. The van der Waals surface area contributed by atoms with E-state index in [9.17, 15) is 17.2 Å². The molecule has 1 saturated heterocycles. The maximum atomic E-state index is 14.0. The van der Waals surface area contributed by atoms with Crippen LogP contribution in [0.5, 0.6) is 0 Å². The van der Waals surface area contributed by atoms with Gasteiger partial charge in [-0.2, -0.15) is 0 Å². The summed E-state index contributed by atoms with van der Waals surface area (Å²) < 4.78 is 51.8. The van der Waals surface area contributed by atoms with Crippen molar-refractivity contribution in [3.63, 3.8) is 0 Å². The third kappa shape index (κ3) is 4.49.